The lowest BCUT2D eigenvalue weighted by molar-refractivity contribution is 1.37. The second-order valence-electron chi connectivity index (χ2n) is 2.60. The highest BCUT2D eigenvalue weighted by Crippen LogP contribution is 2.13. The molecule has 2 aromatic rings. The van der Waals surface area contributed by atoms with E-state index >= 15 is 0 Å². The van der Waals surface area contributed by atoms with Crippen molar-refractivity contribution in [2.75, 3.05) is 0 Å². The molecule has 0 amide bonds. The van der Waals surface area contributed by atoms with Crippen molar-refractivity contribution in [2.45, 2.75) is 0 Å². The molecule has 0 N–H and O–H groups in total. The molecule has 14 heavy (non-hydrogen) atoms. The van der Waals surface area contributed by atoms with Gasteiger partial charge in [0.1, 0.15) is 5.69 Å². The Hall–Kier alpha value is -1.30. The van der Waals surface area contributed by atoms with Crippen LogP contribution in [0.1, 0.15) is 11.3 Å². The van der Waals surface area contributed by atoms with Crippen LogP contribution >= 0.6 is 22.9 Å². The van der Waals surface area contributed by atoms with Crippen molar-refractivity contribution < 1.29 is 0 Å². The minimum Gasteiger partial charge on any atom is -0.216 e. The predicted molar refractivity (Wildman–Crippen MR) is 59.5 cm³/mol. The van der Waals surface area contributed by atoms with Gasteiger partial charge in [-0.25, -0.2) is 4.98 Å². The summed E-state index contributed by atoms with van der Waals surface area (Å²) in [5, 5.41) is 1.85. The number of halogens is 1. The first kappa shape index (κ1) is 9.26. The van der Waals surface area contributed by atoms with Gasteiger partial charge in [-0.1, -0.05) is 35.7 Å². The Kier molecular flexibility index (Phi) is 2.83. The predicted octanol–water partition coefficient (Wildman–Crippen LogP) is 3.20. The number of thiazole rings is 1. The number of nitrogens with zero attached hydrogens (tertiary/aromatic N) is 1. The van der Waals surface area contributed by atoms with E-state index in [0.717, 1.165) is 11.3 Å². The van der Waals surface area contributed by atoms with E-state index < -0.39 is 0 Å². The summed E-state index contributed by atoms with van der Waals surface area (Å²) in [4.78, 5) is 4.04. The molecule has 1 aromatic heterocycles. The van der Waals surface area contributed by atoms with Crippen LogP contribution in [-0.2, 0) is 0 Å². The molecule has 0 radical (unpaired) electrons. The lowest BCUT2D eigenvalue weighted by atomic mass is 10.2. The third-order valence-electron chi connectivity index (χ3n) is 1.58. The molecule has 0 bridgehead atoms. The zero-order valence-corrected chi connectivity index (χ0v) is 8.77. The summed E-state index contributed by atoms with van der Waals surface area (Å²) in [6.07, 6.45) is 0. The molecule has 0 aliphatic heterocycles. The largest absolute Gasteiger partial charge is 0.216 e. The fourth-order valence-electron chi connectivity index (χ4n) is 0.967. The Morgan fingerprint density at radius 1 is 1.14 bits per heavy atom. The van der Waals surface area contributed by atoms with Crippen LogP contribution < -0.4 is 0 Å². The fraction of sp³-hybridized carbons (Fsp3) is 0. The molecular formula is C11H6ClNS. The maximum absolute atomic E-state index is 5.68. The van der Waals surface area contributed by atoms with Crippen molar-refractivity contribution in [1.82, 2.24) is 4.98 Å². The van der Waals surface area contributed by atoms with Crippen LogP contribution in [0.3, 0.4) is 0 Å². The summed E-state index contributed by atoms with van der Waals surface area (Å²) in [6.45, 7) is 0. The van der Waals surface area contributed by atoms with Crippen LogP contribution in [-0.4, -0.2) is 4.98 Å². The number of hydrogen-bond acceptors (Lipinski definition) is 2. The molecule has 1 nitrogen and oxygen atoms in total. The highest BCUT2D eigenvalue weighted by atomic mass is 35.5. The van der Waals surface area contributed by atoms with Crippen molar-refractivity contribution in [3.63, 3.8) is 0 Å². The van der Waals surface area contributed by atoms with E-state index in [0.29, 0.717) is 4.47 Å². The van der Waals surface area contributed by atoms with Gasteiger partial charge in [0.05, 0.1) is 0 Å². The first-order valence-corrected chi connectivity index (χ1v) is 5.28. The molecule has 68 valence electrons. The Balaban J connectivity index is 2.23. The van der Waals surface area contributed by atoms with Gasteiger partial charge in [0, 0.05) is 10.9 Å². The summed E-state index contributed by atoms with van der Waals surface area (Å²) < 4.78 is 0.530. The molecule has 0 aliphatic rings. The highest BCUT2D eigenvalue weighted by molar-refractivity contribution is 7.14. The quantitative estimate of drug-likeness (QED) is 0.620. The van der Waals surface area contributed by atoms with E-state index in [4.69, 9.17) is 11.6 Å². The molecule has 1 heterocycles. The van der Waals surface area contributed by atoms with Crippen molar-refractivity contribution in [3.8, 4) is 11.8 Å². The number of rotatable bonds is 0. The van der Waals surface area contributed by atoms with E-state index in [1.807, 2.05) is 35.7 Å². The SMILES string of the molecule is Clc1nc(C#Cc2ccccc2)cs1. The number of hydrogen-bond donors (Lipinski definition) is 0. The van der Waals surface area contributed by atoms with Crippen molar-refractivity contribution in [2.24, 2.45) is 0 Å². The monoisotopic (exact) mass is 219 g/mol. The van der Waals surface area contributed by atoms with E-state index in [9.17, 15) is 0 Å². The van der Waals surface area contributed by atoms with E-state index in [-0.39, 0.29) is 0 Å². The summed E-state index contributed by atoms with van der Waals surface area (Å²) >= 11 is 7.07. The molecule has 0 fully saturated rings. The summed E-state index contributed by atoms with van der Waals surface area (Å²) in [5.74, 6) is 5.96. The van der Waals surface area contributed by atoms with Crippen LogP contribution in [0.5, 0.6) is 0 Å². The zero-order valence-electron chi connectivity index (χ0n) is 7.20. The molecule has 2 rings (SSSR count). The first-order valence-electron chi connectivity index (χ1n) is 4.03. The molecule has 0 unspecified atom stereocenters. The molecule has 0 saturated carbocycles. The molecule has 1 aromatic carbocycles. The number of aromatic nitrogens is 1. The van der Waals surface area contributed by atoms with Crippen molar-refractivity contribution in [3.05, 3.63) is 51.4 Å². The van der Waals surface area contributed by atoms with Gasteiger partial charge in [0.25, 0.3) is 0 Å². The molecule has 0 spiro atoms. The second-order valence-corrected chi connectivity index (χ2v) is 4.04. The lowest BCUT2D eigenvalue weighted by Crippen LogP contribution is -1.74. The third kappa shape index (κ3) is 2.35. The van der Waals surface area contributed by atoms with Gasteiger partial charge in [-0.15, -0.1) is 11.3 Å². The minimum absolute atomic E-state index is 0.530. The smallest absolute Gasteiger partial charge is 0.184 e. The maximum atomic E-state index is 5.68. The topological polar surface area (TPSA) is 12.9 Å². The average Bonchev–Trinajstić information content (AvgIpc) is 2.63. The van der Waals surface area contributed by atoms with Crippen LogP contribution in [0.4, 0.5) is 0 Å². The Bertz CT molecular complexity index is 479. The fourth-order valence-corrected chi connectivity index (χ4v) is 1.66. The molecule has 0 saturated heterocycles. The van der Waals surface area contributed by atoms with Gasteiger partial charge < -0.3 is 0 Å². The Morgan fingerprint density at radius 3 is 2.57 bits per heavy atom. The van der Waals surface area contributed by atoms with Crippen molar-refractivity contribution in [1.29, 1.82) is 0 Å². The molecular weight excluding hydrogens is 214 g/mol. The molecule has 0 aliphatic carbocycles. The molecule has 0 atom stereocenters. The van der Waals surface area contributed by atoms with E-state index in [1.165, 1.54) is 11.3 Å². The second kappa shape index (κ2) is 4.28. The van der Waals surface area contributed by atoms with Gasteiger partial charge >= 0.3 is 0 Å². The Labute approximate surface area is 91.4 Å². The van der Waals surface area contributed by atoms with Gasteiger partial charge in [-0.2, -0.15) is 0 Å². The lowest BCUT2D eigenvalue weighted by Gasteiger charge is -1.84. The van der Waals surface area contributed by atoms with E-state index in [2.05, 4.69) is 16.8 Å². The van der Waals surface area contributed by atoms with Gasteiger partial charge in [-0.3, -0.25) is 0 Å². The van der Waals surface area contributed by atoms with Gasteiger partial charge in [0.15, 0.2) is 4.47 Å². The number of benzene rings is 1. The minimum atomic E-state index is 0.530. The zero-order chi connectivity index (χ0) is 9.80. The Morgan fingerprint density at radius 2 is 1.93 bits per heavy atom. The third-order valence-corrected chi connectivity index (χ3v) is 2.56. The summed E-state index contributed by atoms with van der Waals surface area (Å²) in [7, 11) is 0. The molecule has 3 heteroatoms. The maximum Gasteiger partial charge on any atom is 0.184 e. The van der Waals surface area contributed by atoms with E-state index in [1.54, 1.807) is 0 Å². The highest BCUT2D eigenvalue weighted by Gasteiger charge is 1.93. The van der Waals surface area contributed by atoms with Gasteiger partial charge in [-0.05, 0) is 18.1 Å². The first-order chi connectivity index (χ1) is 6.84. The normalized spacial score (nSPS) is 9.21. The average molecular weight is 220 g/mol. The van der Waals surface area contributed by atoms with Crippen LogP contribution in [0, 0.1) is 11.8 Å². The summed E-state index contributed by atoms with van der Waals surface area (Å²) in [5.41, 5.74) is 1.71. The van der Waals surface area contributed by atoms with Crippen molar-refractivity contribution >= 4 is 22.9 Å². The van der Waals surface area contributed by atoms with Gasteiger partial charge in [0.2, 0.25) is 0 Å². The van der Waals surface area contributed by atoms with Crippen LogP contribution in [0.15, 0.2) is 35.7 Å². The van der Waals surface area contributed by atoms with Crippen LogP contribution in [0.25, 0.3) is 0 Å². The summed E-state index contributed by atoms with van der Waals surface area (Å²) in [6, 6.07) is 9.79. The standard InChI is InChI=1S/C11H6ClNS/c12-11-13-10(8-14-11)7-6-9-4-2-1-3-5-9/h1-5,8H. The van der Waals surface area contributed by atoms with Crippen LogP contribution in [0.2, 0.25) is 4.47 Å².